The van der Waals surface area contributed by atoms with Crippen LogP contribution in [-0.2, 0) is 4.79 Å². The van der Waals surface area contributed by atoms with Gasteiger partial charge in [-0.3, -0.25) is 4.79 Å². The molecule has 1 unspecified atom stereocenters. The molecule has 0 aromatic heterocycles. The van der Waals surface area contributed by atoms with Gasteiger partial charge in [-0.05, 0) is 30.7 Å². The fourth-order valence-corrected chi connectivity index (χ4v) is 2.94. The number of hydrogen-bond acceptors (Lipinski definition) is 2. The number of amides is 1. The van der Waals surface area contributed by atoms with E-state index in [0.29, 0.717) is 17.4 Å². The number of benzene rings is 2. The molecule has 1 atom stereocenters. The van der Waals surface area contributed by atoms with Crippen molar-refractivity contribution < 1.29 is 9.18 Å². The lowest BCUT2D eigenvalue weighted by Gasteiger charge is -2.11. The summed E-state index contributed by atoms with van der Waals surface area (Å²) < 4.78 is 13.0. The van der Waals surface area contributed by atoms with E-state index in [1.54, 1.807) is 23.9 Å². The van der Waals surface area contributed by atoms with Crippen molar-refractivity contribution in [2.45, 2.75) is 18.6 Å². The Morgan fingerprint density at radius 3 is 2.67 bits per heavy atom. The highest BCUT2D eigenvalue weighted by Gasteiger charge is 2.08. The number of anilines is 1. The molecule has 21 heavy (non-hydrogen) atoms. The summed E-state index contributed by atoms with van der Waals surface area (Å²) in [5.74, 6) is 0.297. The van der Waals surface area contributed by atoms with Crippen molar-refractivity contribution in [2.75, 3.05) is 11.1 Å². The van der Waals surface area contributed by atoms with Crippen LogP contribution >= 0.6 is 11.8 Å². The molecule has 2 nitrogen and oxygen atoms in total. The maximum absolute atomic E-state index is 13.0. The smallest absolute Gasteiger partial charge is 0.225 e. The minimum atomic E-state index is -0.347. The number of rotatable bonds is 6. The van der Waals surface area contributed by atoms with Gasteiger partial charge >= 0.3 is 0 Å². The van der Waals surface area contributed by atoms with E-state index in [-0.39, 0.29) is 11.7 Å². The van der Waals surface area contributed by atoms with Crippen LogP contribution in [0.3, 0.4) is 0 Å². The first-order valence-electron chi connectivity index (χ1n) is 6.87. The number of carbonyl (C=O) groups excluding carboxylic acids is 1. The predicted octanol–water partition coefficient (Wildman–Crippen LogP) is 4.65. The summed E-state index contributed by atoms with van der Waals surface area (Å²) in [7, 11) is 0. The molecule has 0 fully saturated rings. The van der Waals surface area contributed by atoms with Crippen molar-refractivity contribution in [1.82, 2.24) is 0 Å². The van der Waals surface area contributed by atoms with Gasteiger partial charge < -0.3 is 5.32 Å². The van der Waals surface area contributed by atoms with Crippen LogP contribution in [0.2, 0.25) is 0 Å². The molecule has 0 aliphatic heterocycles. The maximum atomic E-state index is 13.0. The van der Waals surface area contributed by atoms with Gasteiger partial charge in [-0.2, -0.15) is 11.8 Å². The number of nitrogens with one attached hydrogen (secondary N) is 1. The summed E-state index contributed by atoms with van der Waals surface area (Å²) in [4.78, 5) is 11.8. The highest BCUT2D eigenvalue weighted by atomic mass is 32.2. The van der Waals surface area contributed by atoms with Crippen LogP contribution < -0.4 is 5.32 Å². The Hall–Kier alpha value is -1.81. The summed E-state index contributed by atoms with van der Waals surface area (Å²) in [6.45, 7) is 2.13. The molecule has 0 aliphatic carbocycles. The third-order valence-corrected chi connectivity index (χ3v) is 4.29. The fourth-order valence-electron chi connectivity index (χ4n) is 1.94. The molecular formula is C17H18FNOS. The predicted molar refractivity (Wildman–Crippen MR) is 87.0 cm³/mol. The van der Waals surface area contributed by atoms with Crippen LogP contribution in [0.5, 0.6) is 0 Å². The molecule has 4 heteroatoms. The van der Waals surface area contributed by atoms with Crippen molar-refractivity contribution in [3.63, 3.8) is 0 Å². The van der Waals surface area contributed by atoms with Gasteiger partial charge in [-0.15, -0.1) is 0 Å². The number of carbonyl (C=O) groups is 1. The van der Waals surface area contributed by atoms with Crippen LogP contribution in [0.1, 0.15) is 24.2 Å². The lowest BCUT2D eigenvalue weighted by atomic mass is 10.2. The third kappa shape index (κ3) is 5.23. The average Bonchev–Trinajstić information content (AvgIpc) is 2.48. The zero-order valence-electron chi connectivity index (χ0n) is 11.9. The van der Waals surface area contributed by atoms with E-state index in [2.05, 4.69) is 24.4 Å². The van der Waals surface area contributed by atoms with Gasteiger partial charge in [-0.25, -0.2) is 4.39 Å². The Kier molecular flexibility index (Phi) is 5.81. The lowest BCUT2D eigenvalue weighted by molar-refractivity contribution is -0.115. The summed E-state index contributed by atoms with van der Waals surface area (Å²) in [6.07, 6.45) is 0.415. The van der Waals surface area contributed by atoms with E-state index in [1.807, 2.05) is 18.2 Å². The van der Waals surface area contributed by atoms with Gasteiger partial charge in [0, 0.05) is 23.1 Å². The van der Waals surface area contributed by atoms with Crippen LogP contribution in [0.25, 0.3) is 0 Å². The van der Waals surface area contributed by atoms with Crippen molar-refractivity contribution in [1.29, 1.82) is 0 Å². The van der Waals surface area contributed by atoms with Gasteiger partial charge in [0.2, 0.25) is 5.91 Å². The van der Waals surface area contributed by atoms with Crippen LogP contribution in [0.15, 0.2) is 54.6 Å². The molecule has 0 saturated carbocycles. The number of halogens is 1. The van der Waals surface area contributed by atoms with Crippen molar-refractivity contribution in [3.8, 4) is 0 Å². The zero-order valence-corrected chi connectivity index (χ0v) is 12.7. The Labute approximate surface area is 128 Å². The van der Waals surface area contributed by atoms with Crippen LogP contribution in [0.4, 0.5) is 10.1 Å². The molecule has 2 rings (SSSR count). The van der Waals surface area contributed by atoms with E-state index in [4.69, 9.17) is 0 Å². The van der Waals surface area contributed by atoms with Gasteiger partial charge in [0.05, 0.1) is 0 Å². The number of thioether (sulfide) groups is 1. The minimum absolute atomic E-state index is 0.0895. The first-order valence-corrected chi connectivity index (χ1v) is 7.92. The highest BCUT2D eigenvalue weighted by molar-refractivity contribution is 7.99. The monoisotopic (exact) mass is 303 g/mol. The Morgan fingerprint density at radius 2 is 1.95 bits per heavy atom. The largest absolute Gasteiger partial charge is 0.326 e. The summed E-state index contributed by atoms with van der Waals surface area (Å²) >= 11 is 1.74. The molecule has 0 aliphatic rings. The second-order valence-corrected chi connectivity index (χ2v) is 6.18. The van der Waals surface area contributed by atoms with Gasteiger partial charge in [0.1, 0.15) is 5.82 Å². The normalized spacial score (nSPS) is 11.9. The average molecular weight is 303 g/mol. The van der Waals surface area contributed by atoms with Gasteiger partial charge in [0.15, 0.2) is 0 Å². The molecule has 1 N–H and O–H groups in total. The molecule has 0 bridgehead atoms. The van der Waals surface area contributed by atoms with Crippen molar-refractivity contribution in [2.24, 2.45) is 0 Å². The molecule has 2 aromatic rings. The van der Waals surface area contributed by atoms with E-state index >= 15 is 0 Å². The van der Waals surface area contributed by atoms with E-state index < -0.39 is 0 Å². The van der Waals surface area contributed by atoms with Gasteiger partial charge in [-0.1, -0.05) is 36.4 Å². The van der Waals surface area contributed by atoms with Crippen LogP contribution in [0, 0.1) is 5.82 Å². The standard InChI is InChI=1S/C17H18FNOS/c1-13(14-6-3-2-4-7-14)21-11-10-17(20)19-16-9-5-8-15(18)12-16/h2-9,12-13H,10-11H2,1H3,(H,19,20). The van der Waals surface area contributed by atoms with E-state index in [0.717, 1.165) is 5.75 Å². The minimum Gasteiger partial charge on any atom is -0.326 e. The molecule has 2 aromatic carbocycles. The Bertz CT molecular complexity index is 588. The Morgan fingerprint density at radius 1 is 1.19 bits per heavy atom. The second-order valence-electron chi connectivity index (χ2n) is 4.73. The molecule has 0 spiro atoms. The summed E-state index contributed by atoms with van der Waals surface area (Å²) in [5.41, 5.74) is 1.76. The SMILES string of the molecule is CC(SCCC(=O)Nc1cccc(F)c1)c1ccccc1. The van der Waals surface area contributed by atoms with E-state index in [9.17, 15) is 9.18 Å². The molecule has 0 saturated heterocycles. The molecule has 1 amide bonds. The first kappa shape index (κ1) is 15.6. The Balaban J connectivity index is 1.74. The highest BCUT2D eigenvalue weighted by Crippen LogP contribution is 2.28. The molecule has 0 radical (unpaired) electrons. The van der Waals surface area contributed by atoms with Gasteiger partial charge in [0.25, 0.3) is 0 Å². The summed E-state index contributed by atoms with van der Waals surface area (Å²) in [5, 5.41) is 3.06. The lowest BCUT2D eigenvalue weighted by Crippen LogP contribution is -2.12. The van der Waals surface area contributed by atoms with Crippen molar-refractivity contribution in [3.05, 3.63) is 66.0 Å². The molecular weight excluding hydrogens is 285 g/mol. The fraction of sp³-hybridized carbons (Fsp3) is 0.235. The number of hydrogen-bond donors (Lipinski definition) is 1. The van der Waals surface area contributed by atoms with E-state index in [1.165, 1.54) is 17.7 Å². The van der Waals surface area contributed by atoms with Crippen molar-refractivity contribution >= 4 is 23.4 Å². The topological polar surface area (TPSA) is 29.1 Å². The quantitative estimate of drug-likeness (QED) is 0.841. The summed E-state index contributed by atoms with van der Waals surface area (Å²) in [6, 6.07) is 16.1. The molecule has 0 heterocycles. The molecule has 110 valence electrons. The zero-order chi connectivity index (χ0) is 15.1. The third-order valence-electron chi connectivity index (χ3n) is 3.07. The second kappa shape index (κ2) is 7.84. The van der Waals surface area contributed by atoms with Crippen LogP contribution in [-0.4, -0.2) is 11.7 Å². The maximum Gasteiger partial charge on any atom is 0.225 e. The first-order chi connectivity index (χ1) is 10.1.